The fourth-order valence-corrected chi connectivity index (χ4v) is 3.25. The summed E-state index contributed by atoms with van der Waals surface area (Å²) in [7, 11) is 0. The third kappa shape index (κ3) is 2.13. The SMILES string of the molecule is Cc1nc(N2C[C@@H](C)O[C@@H](C)C2)c2oc3ccccc3c2n1. The van der Waals surface area contributed by atoms with E-state index in [0.717, 1.165) is 46.8 Å². The Bertz CT molecular complexity index is 832. The van der Waals surface area contributed by atoms with Gasteiger partial charge in [-0.2, -0.15) is 0 Å². The maximum absolute atomic E-state index is 6.05. The molecule has 2 atom stereocenters. The Morgan fingerprint density at radius 1 is 1.09 bits per heavy atom. The lowest BCUT2D eigenvalue weighted by Crippen LogP contribution is -2.46. The van der Waals surface area contributed by atoms with Crippen molar-refractivity contribution in [1.82, 2.24) is 9.97 Å². The van der Waals surface area contributed by atoms with Crippen molar-refractivity contribution in [3.8, 4) is 0 Å². The molecule has 0 aliphatic carbocycles. The van der Waals surface area contributed by atoms with E-state index in [1.54, 1.807) is 0 Å². The molecule has 0 saturated carbocycles. The fourth-order valence-electron chi connectivity index (χ4n) is 3.25. The van der Waals surface area contributed by atoms with E-state index < -0.39 is 0 Å². The summed E-state index contributed by atoms with van der Waals surface area (Å²) < 4.78 is 11.9. The molecule has 1 fully saturated rings. The number of nitrogens with zero attached hydrogens (tertiary/aromatic N) is 3. The number of hydrogen-bond acceptors (Lipinski definition) is 5. The van der Waals surface area contributed by atoms with Crippen LogP contribution in [-0.4, -0.2) is 35.3 Å². The van der Waals surface area contributed by atoms with Gasteiger partial charge in [0.15, 0.2) is 11.4 Å². The molecule has 5 heteroatoms. The van der Waals surface area contributed by atoms with E-state index in [1.165, 1.54) is 0 Å². The molecule has 2 aromatic heterocycles. The van der Waals surface area contributed by atoms with Gasteiger partial charge in [0.25, 0.3) is 0 Å². The first-order valence-corrected chi connectivity index (χ1v) is 7.68. The van der Waals surface area contributed by atoms with Crippen molar-refractivity contribution >= 4 is 27.9 Å². The number of morpholine rings is 1. The van der Waals surface area contributed by atoms with Crippen LogP contribution < -0.4 is 4.90 Å². The first-order chi connectivity index (χ1) is 10.6. The summed E-state index contributed by atoms with van der Waals surface area (Å²) >= 11 is 0. The van der Waals surface area contributed by atoms with Gasteiger partial charge in [-0.25, -0.2) is 9.97 Å². The molecule has 1 aliphatic rings. The molecule has 114 valence electrons. The van der Waals surface area contributed by atoms with Crippen molar-refractivity contribution in [3.05, 3.63) is 30.1 Å². The summed E-state index contributed by atoms with van der Waals surface area (Å²) in [5.41, 5.74) is 2.52. The number of hydrogen-bond donors (Lipinski definition) is 0. The van der Waals surface area contributed by atoms with Crippen molar-refractivity contribution in [1.29, 1.82) is 0 Å². The molecule has 0 amide bonds. The topological polar surface area (TPSA) is 51.4 Å². The Labute approximate surface area is 128 Å². The van der Waals surface area contributed by atoms with Gasteiger partial charge in [-0.15, -0.1) is 0 Å². The number of furan rings is 1. The third-order valence-corrected chi connectivity index (χ3v) is 4.03. The van der Waals surface area contributed by atoms with Gasteiger partial charge in [0.05, 0.1) is 12.2 Å². The van der Waals surface area contributed by atoms with Crippen LogP contribution in [0.1, 0.15) is 19.7 Å². The van der Waals surface area contributed by atoms with E-state index in [9.17, 15) is 0 Å². The molecule has 0 unspecified atom stereocenters. The number of anilines is 1. The summed E-state index contributed by atoms with van der Waals surface area (Å²) in [5.74, 6) is 1.64. The second kappa shape index (κ2) is 4.95. The Balaban J connectivity index is 1.93. The quantitative estimate of drug-likeness (QED) is 0.690. The van der Waals surface area contributed by atoms with Gasteiger partial charge in [-0.1, -0.05) is 12.1 Å². The zero-order chi connectivity index (χ0) is 15.3. The molecule has 3 aromatic rings. The minimum atomic E-state index is 0.179. The van der Waals surface area contributed by atoms with Crippen molar-refractivity contribution in [2.75, 3.05) is 18.0 Å². The summed E-state index contributed by atoms with van der Waals surface area (Å²) in [5, 5.41) is 1.04. The number of fused-ring (bicyclic) bond motifs is 3. The monoisotopic (exact) mass is 297 g/mol. The van der Waals surface area contributed by atoms with Crippen molar-refractivity contribution in [3.63, 3.8) is 0 Å². The van der Waals surface area contributed by atoms with Gasteiger partial charge in [0, 0.05) is 18.5 Å². The predicted octanol–water partition coefficient (Wildman–Crippen LogP) is 3.30. The highest BCUT2D eigenvalue weighted by Crippen LogP contribution is 2.33. The Hall–Kier alpha value is -2.14. The second-order valence-electron chi connectivity index (χ2n) is 6.03. The second-order valence-corrected chi connectivity index (χ2v) is 6.03. The van der Waals surface area contributed by atoms with Crippen molar-refractivity contribution < 1.29 is 9.15 Å². The molecule has 22 heavy (non-hydrogen) atoms. The Morgan fingerprint density at radius 3 is 2.59 bits per heavy atom. The summed E-state index contributed by atoms with van der Waals surface area (Å²) in [4.78, 5) is 11.5. The first-order valence-electron chi connectivity index (χ1n) is 7.68. The first kappa shape index (κ1) is 13.5. The lowest BCUT2D eigenvalue weighted by Gasteiger charge is -2.35. The zero-order valence-electron chi connectivity index (χ0n) is 13.0. The minimum Gasteiger partial charge on any atom is -0.450 e. The van der Waals surface area contributed by atoms with E-state index in [1.807, 2.05) is 31.2 Å². The molecule has 3 heterocycles. The molecule has 0 radical (unpaired) electrons. The standard InChI is InChI=1S/C17H19N3O2/c1-10-8-20(9-11(2)21-10)17-16-15(18-12(3)19-17)13-6-4-5-7-14(13)22-16/h4-7,10-11H,8-9H2,1-3H3/t10-,11+. The fraction of sp³-hybridized carbons (Fsp3) is 0.412. The molecule has 0 bridgehead atoms. The Kier molecular flexibility index (Phi) is 3.04. The highest BCUT2D eigenvalue weighted by molar-refractivity contribution is 6.05. The molecule has 1 saturated heterocycles. The Morgan fingerprint density at radius 2 is 1.82 bits per heavy atom. The molecular formula is C17H19N3O2. The molecule has 1 aliphatic heterocycles. The number of ether oxygens (including phenoxy) is 1. The van der Waals surface area contributed by atoms with Crippen LogP contribution in [0.4, 0.5) is 5.82 Å². The highest BCUT2D eigenvalue weighted by Gasteiger charge is 2.26. The maximum Gasteiger partial charge on any atom is 0.196 e. The normalized spacial score (nSPS) is 22.6. The number of rotatable bonds is 1. The summed E-state index contributed by atoms with van der Waals surface area (Å²) in [6.07, 6.45) is 0.358. The van der Waals surface area contributed by atoms with Crippen LogP contribution in [0.3, 0.4) is 0 Å². The number of aryl methyl sites for hydroxylation is 1. The van der Waals surface area contributed by atoms with Crippen LogP contribution in [0.5, 0.6) is 0 Å². The van der Waals surface area contributed by atoms with Crippen LogP contribution in [0.2, 0.25) is 0 Å². The van der Waals surface area contributed by atoms with E-state index in [-0.39, 0.29) is 12.2 Å². The van der Waals surface area contributed by atoms with Crippen LogP contribution >= 0.6 is 0 Å². The molecule has 0 N–H and O–H groups in total. The average molecular weight is 297 g/mol. The van der Waals surface area contributed by atoms with Gasteiger partial charge in [-0.3, -0.25) is 0 Å². The van der Waals surface area contributed by atoms with Gasteiger partial charge in [-0.05, 0) is 32.9 Å². The molecule has 5 nitrogen and oxygen atoms in total. The van der Waals surface area contributed by atoms with E-state index in [0.29, 0.717) is 0 Å². The summed E-state index contributed by atoms with van der Waals surface area (Å²) in [6.45, 7) is 7.73. The zero-order valence-corrected chi connectivity index (χ0v) is 13.0. The van der Waals surface area contributed by atoms with Crippen LogP contribution in [0, 0.1) is 6.92 Å². The molecule has 0 spiro atoms. The van der Waals surface area contributed by atoms with Gasteiger partial charge in [0.1, 0.15) is 16.9 Å². The van der Waals surface area contributed by atoms with Gasteiger partial charge >= 0.3 is 0 Å². The molecule has 4 rings (SSSR count). The van der Waals surface area contributed by atoms with Crippen molar-refractivity contribution in [2.24, 2.45) is 0 Å². The van der Waals surface area contributed by atoms with Crippen LogP contribution in [0.15, 0.2) is 28.7 Å². The van der Waals surface area contributed by atoms with Gasteiger partial charge in [0.2, 0.25) is 0 Å². The number of para-hydroxylation sites is 1. The smallest absolute Gasteiger partial charge is 0.196 e. The number of benzene rings is 1. The predicted molar refractivity (Wildman–Crippen MR) is 86.3 cm³/mol. The molecular weight excluding hydrogens is 278 g/mol. The van der Waals surface area contributed by atoms with E-state index in [2.05, 4.69) is 28.7 Å². The highest BCUT2D eigenvalue weighted by atomic mass is 16.5. The van der Waals surface area contributed by atoms with Crippen LogP contribution in [0.25, 0.3) is 22.1 Å². The van der Waals surface area contributed by atoms with Gasteiger partial charge < -0.3 is 14.1 Å². The molecule has 1 aromatic carbocycles. The average Bonchev–Trinajstić information content (AvgIpc) is 2.84. The largest absolute Gasteiger partial charge is 0.450 e. The number of aromatic nitrogens is 2. The van der Waals surface area contributed by atoms with Crippen LogP contribution in [-0.2, 0) is 4.74 Å². The maximum atomic E-state index is 6.05. The summed E-state index contributed by atoms with van der Waals surface area (Å²) in [6, 6.07) is 8.00. The minimum absolute atomic E-state index is 0.179. The lowest BCUT2D eigenvalue weighted by molar-refractivity contribution is -0.00542. The lowest BCUT2D eigenvalue weighted by atomic mass is 10.2. The van der Waals surface area contributed by atoms with E-state index in [4.69, 9.17) is 9.15 Å². The third-order valence-electron chi connectivity index (χ3n) is 4.03. The van der Waals surface area contributed by atoms with E-state index >= 15 is 0 Å². The van der Waals surface area contributed by atoms with Crippen molar-refractivity contribution in [2.45, 2.75) is 33.0 Å².